The predicted octanol–water partition coefficient (Wildman–Crippen LogP) is 3.01. The highest BCUT2D eigenvalue weighted by atomic mass is 32.2. The third-order valence-electron chi connectivity index (χ3n) is 3.40. The van der Waals surface area contributed by atoms with Crippen molar-refractivity contribution in [1.29, 1.82) is 0 Å². The first kappa shape index (κ1) is 14.1. The monoisotopic (exact) mass is 298 g/mol. The van der Waals surface area contributed by atoms with E-state index in [2.05, 4.69) is 45.8 Å². The zero-order valence-electron chi connectivity index (χ0n) is 12.0. The van der Waals surface area contributed by atoms with E-state index in [4.69, 9.17) is 4.98 Å². The molecule has 0 aliphatic carbocycles. The quantitative estimate of drug-likeness (QED) is 0.542. The summed E-state index contributed by atoms with van der Waals surface area (Å²) in [5, 5.41) is 5.77. The van der Waals surface area contributed by atoms with E-state index in [1.807, 2.05) is 12.3 Å². The van der Waals surface area contributed by atoms with Crippen LogP contribution in [0.4, 0.5) is 0 Å². The van der Waals surface area contributed by atoms with Gasteiger partial charge < -0.3 is 10.3 Å². The average Bonchev–Trinajstić information content (AvgIpc) is 3.04. The largest absolute Gasteiger partial charge is 0.348 e. The molecule has 3 rings (SSSR count). The molecule has 0 spiro atoms. The Kier molecular flexibility index (Phi) is 4.52. The van der Waals surface area contributed by atoms with E-state index in [9.17, 15) is 0 Å². The molecule has 2 heterocycles. The normalized spacial score (nSPS) is 11.1. The molecular weight excluding hydrogens is 280 g/mol. The molecule has 2 N–H and O–H groups in total. The van der Waals surface area contributed by atoms with Crippen LogP contribution in [0.25, 0.3) is 10.9 Å². The van der Waals surface area contributed by atoms with Crippen LogP contribution in [0.3, 0.4) is 0 Å². The maximum atomic E-state index is 4.73. The van der Waals surface area contributed by atoms with Gasteiger partial charge in [-0.25, -0.2) is 9.97 Å². The van der Waals surface area contributed by atoms with Gasteiger partial charge in [-0.3, -0.25) is 0 Å². The van der Waals surface area contributed by atoms with E-state index in [-0.39, 0.29) is 0 Å². The molecule has 0 amide bonds. The second-order valence-corrected chi connectivity index (χ2v) is 5.65. The fraction of sp³-hybridized carbons (Fsp3) is 0.250. The standard InChI is InChI=1S/C16H18N4S/c1-21-16-13(8-12-4-2-3-5-15(12)20-16)9-17-7-6-14-10-18-11-19-14/h2-5,8,10-11,17H,6-7,9H2,1H3,(H,18,19). The molecule has 21 heavy (non-hydrogen) atoms. The molecule has 1 aromatic carbocycles. The number of nitrogens with zero attached hydrogens (tertiary/aromatic N) is 2. The van der Waals surface area contributed by atoms with E-state index in [0.29, 0.717) is 0 Å². The summed E-state index contributed by atoms with van der Waals surface area (Å²) < 4.78 is 0. The van der Waals surface area contributed by atoms with Crippen molar-refractivity contribution in [3.63, 3.8) is 0 Å². The second-order valence-electron chi connectivity index (χ2n) is 4.85. The van der Waals surface area contributed by atoms with Crippen molar-refractivity contribution in [1.82, 2.24) is 20.3 Å². The highest BCUT2D eigenvalue weighted by Crippen LogP contribution is 2.23. The molecule has 5 heteroatoms. The fourth-order valence-corrected chi connectivity index (χ4v) is 2.90. The van der Waals surface area contributed by atoms with E-state index < -0.39 is 0 Å². The average molecular weight is 298 g/mol. The number of thioether (sulfide) groups is 1. The molecule has 0 saturated heterocycles. The third kappa shape index (κ3) is 3.43. The lowest BCUT2D eigenvalue weighted by Gasteiger charge is -2.10. The number of imidazole rings is 1. The van der Waals surface area contributed by atoms with Crippen LogP contribution in [0.15, 0.2) is 47.9 Å². The molecule has 0 atom stereocenters. The number of aromatic nitrogens is 3. The van der Waals surface area contributed by atoms with Gasteiger partial charge in [0.25, 0.3) is 0 Å². The van der Waals surface area contributed by atoms with Gasteiger partial charge in [-0.05, 0) is 24.0 Å². The predicted molar refractivity (Wildman–Crippen MR) is 87.5 cm³/mol. The van der Waals surface area contributed by atoms with E-state index >= 15 is 0 Å². The minimum absolute atomic E-state index is 0.835. The Morgan fingerprint density at radius 3 is 3.00 bits per heavy atom. The number of pyridine rings is 1. The van der Waals surface area contributed by atoms with Gasteiger partial charge in [-0.15, -0.1) is 11.8 Å². The number of hydrogen-bond donors (Lipinski definition) is 2. The number of rotatable bonds is 6. The van der Waals surface area contributed by atoms with Gasteiger partial charge in [-0.1, -0.05) is 18.2 Å². The molecule has 0 aliphatic rings. The fourth-order valence-electron chi connectivity index (χ4n) is 2.31. The summed E-state index contributed by atoms with van der Waals surface area (Å²) in [7, 11) is 0. The van der Waals surface area contributed by atoms with Crippen LogP contribution in [0, 0.1) is 0 Å². The van der Waals surface area contributed by atoms with E-state index in [0.717, 1.165) is 35.7 Å². The van der Waals surface area contributed by atoms with Crippen molar-refractivity contribution < 1.29 is 0 Å². The lowest BCUT2D eigenvalue weighted by molar-refractivity contribution is 0.672. The van der Waals surface area contributed by atoms with Crippen molar-refractivity contribution in [3.05, 3.63) is 54.1 Å². The van der Waals surface area contributed by atoms with Crippen LogP contribution in [-0.4, -0.2) is 27.8 Å². The molecule has 0 saturated carbocycles. The zero-order valence-corrected chi connectivity index (χ0v) is 12.8. The van der Waals surface area contributed by atoms with Crippen molar-refractivity contribution in [3.8, 4) is 0 Å². The summed E-state index contributed by atoms with van der Waals surface area (Å²) in [6, 6.07) is 10.5. The number of hydrogen-bond acceptors (Lipinski definition) is 4. The summed E-state index contributed by atoms with van der Waals surface area (Å²) in [5.41, 5.74) is 3.47. The molecule has 0 aliphatic heterocycles. The van der Waals surface area contributed by atoms with Crippen LogP contribution in [0.1, 0.15) is 11.3 Å². The molecular formula is C16H18N4S. The van der Waals surface area contributed by atoms with Crippen molar-refractivity contribution >= 4 is 22.7 Å². The Morgan fingerprint density at radius 2 is 2.19 bits per heavy atom. The first-order valence-corrected chi connectivity index (χ1v) is 8.20. The molecule has 108 valence electrons. The number of aromatic amines is 1. The highest BCUT2D eigenvalue weighted by Gasteiger charge is 2.05. The van der Waals surface area contributed by atoms with Crippen molar-refractivity contribution in [2.45, 2.75) is 18.0 Å². The maximum Gasteiger partial charge on any atom is 0.101 e. The summed E-state index contributed by atoms with van der Waals surface area (Å²) in [5.74, 6) is 0. The van der Waals surface area contributed by atoms with Gasteiger partial charge in [0.1, 0.15) is 5.03 Å². The third-order valence-corrected chi connectivity index (χ3v) is 4.14. The number of para-hydroxylation sites is 1. The molecule has 4 nitrogen and oxygen atoms in total. The topological polar surface area (TPSA) is 53.6 Å². The molecule has 3 aromatic rings. The number of H-pyrrole nitrogens is 1. The Hall–Kier alpha value is -1.85. The summed E-state index contributed by atoms with van der Waals surface area (Å²) in [4.78, 5) is 11.9. The van der Waals surface area contributed by atoms with Gasteiger partial charge in [0.15, 0.2) is 0 Å². The number of nitrogens with one attached hydrogen (secondary N) is 2. The number of fused-ring (bicyclic) bond motifs is 1. The minimum Gasteiger partial charge on any atom is -0.348 e. The molecule has 0 unspecified atom stereocenters. The Balaban J connectivity index is 1.67. The zero-order chi connectivity index (χ0) is 14.5. The lowest BCUT2D eigenvalue weighted by Crippen LogP contribution is -2.17. The number of benzene rings is 1. The van der Waals surface area contributed by atoms with Crippen molar-refractivity contribution in [2.24, 2.45) is 0 Å². The summed E-state index contributed by atoms with van der Waals surface area (Å²) >= 11 is 1.70. The molecule has 0 radical (unpaired) electrons. The maximum absolute atomic E-state index is 4.73. The smallest absolute Gasteiger partial charge is 0.101 e. The summed E-state index contributed by atoms with van der Waals surface area (Å²) in [6.07, 6.45) is 6.61. The van der Waals surface area contributed by atoms with Gasteiger partial charge in [0.2, 0.25) is 0 Å². The highest BCUT2D eigenvalue weighted by molar-refractivity contribution is 7.98. The van der Waals surface area contributed by atoms with Gasteiger partial charge in [0.05, 0.1) is 11.8 Å². The van der Waals surface area contributed by atoms with E-state index in [1.165, 1.54) is 10.9 Å². The Labute approximate surface area is 128 Å². The van der Waals surface area contributed by atoms with Crippen LogP contribution >= 0.6 is 11.8 Å². The van der Waals surface area contributed by atoms with E-state index in [1.54, 1.807) is 18.1 Å². The Bertz CT molecular complexity index is 709. The van der Waals surface area contributed by atoms with Gasteiger partial charge in [-0.2, -0.15) is 0 Å². The van der Waals surface area contributed by atoms with Gasteiger partial charge >= 0.3 is 0 Å². The first-order chi connectivity index (χ1) is 10.4. The lowest BCUT2D eigenvalue weighted by atomic mass is 10.1. The molecule has 2 aromatic heterocycles. The Morgan fingerprint density at radius 1 is 1.29 bits per heavy atom. The minimum atomic E-state index is 0.835. The van der Waals surface area contributed by atoms with Crippen LogP contribution in [0.5, 0.6) is 0 Å². The van der Waals surface area contributed by atoms with Crippen LogP contribution < -0.4 is 5.32 Å². The molecule has 0 bridgehead atoms. The van der Waals surface area contributed by atoms with Gasteiger partial charge in [0, 0.05) is 36.8 Å². The van der Waals surface area contributed by atoms with Crippen LogP contribution in [0.2, 0.25) is 0 Å². The summed E-state index contributed by atoms with van der Waals surface area (Å²) in [6.45, 7) is 1.75. The van der Waals surface area contributed by atoms with Crippen LogP contribution in [-0.2, 0) is 13.0 Å². The second kappa shape index (κ2) is 6.74. The SMILES string of the molecule is CSc1nc2ccccc2cc1CNCCc1cnc[nH]1. The molecule has 0 fully saturated rings. The van der Waals surface area contributed by atoms with Crippen molar-refractivity contribution in [2.75, 3.05) is 12.8 Å². The first-order valence-electron chi connectivity index (χ1n) is 6.97.